The van der Waals surface area contributed by atoms with Gasteiger partial charge in [-0.25, -0.2) is 4.98 Å². The highest BCUT2D eigenvalue weighted by atomic mass is 16.2. The fourth-order valence-electron chi connectivity index (χ4n) is 3.73. The van der Waals surface area contributed by atoms with E-state index in [0.717, 1.165) is 30.2 Å². The zero-order valence-corrected chi connectivity index (χ0v) is 15.8. The van der Waals surface area contributed by atoms with Gasteiger partial charge in [0.05, 0.1) is 0 Å². The average Bonchev–Trinajstić information content (AvgIpc) is 3.19. The van der Waals surface area contributed by atoms with Crippen molar-refractivity contribution in [1.29, 1.82) is 0 Å². The van der Waals surface area contributed by atoms with Gasteiger partial charge in [0, 0.05) is 30.4 Å². The van der Waals surface area contributed by atoms with Crippen molar-refractivity contribution in [1.82, 2.24) is 19.8 Å². The first-order valence-corrected chi connectivity index (χ1v) is 8.96. The molecular formula is C20H28N4O. The number of benzene rings is 1. The molecule has 1 aromatic carbocycles. The number of amides is 1. The second-order valence-electron chi connectivity index (χ2n) is 7.57. The molecule has 0 saturated carbocycles. The highest BCUT2D eigenvalue weighted by Crippen LogP contribution is 2.29. The third-order valence-corrected chi connectivity index (χ3v) is 5.27. The number of likely N-dealkylation sites (N-methyl/N-ethyl adjacent to an activating group) is 1. The Morgan fingerprint density at radius 3 is 2.48 bits per heavy atom. The van der Waals surface area contributed by atoms with Crippen LogP contribution in [0.15, 0.2) is 30.3 Å². The van der Waals surface area contributed by atoms with Gasteiger partial charge in [-0.1, -0.05) is 44.2 Å². The molecule has 1 aliphatic heterocycles. The van der Waals surface area contributed by atoms with Crippen LogP contribution < -0.4 is 0 Å². The number of aromatic nitrogens is 2. The molecule has 1 fully saturated rings. The van der Waals surface area contributed by atoms with Gasteiger partial charge in [0.1, 0.15) is 11.5 Å². The first kappa shape index (κ1) is 17.7. The molecule has 2 heterocycles. The van der Waals surface area contributed by atoms with Crippen LogP contribution >= 0.6 is 0 Å². The van der Waals surface area contributed by atoms with Crippen LogP contribution in [0.25, 0.3) is 11.4 Å². The number of aryl methyl sites for hydroxylation is 1. The van der Waals surface area contributed by atoms with E-state index >= 15 is 0 Å². The highest BCUT2D eigenvalue weighted by Gasteiger charge is 2.39. The predicted octanol–water partition coefficient (Wildman–Crippen LogP) is 3.04. The molecule has 0 unspecified atom stereocenters. The number of H-pyrrole nitrogens is 1. The zero-order valence-electron chi connectivity index (χ0n) is 15.8. The summed E-state index contributed by atoms with van der Waals surface area (Å²) < 4.78 is 0. The Bertz CT molecular complexity index is 719. The Kier molecular flexibility index (Phi) is 4.95. The summed E-state index contributed by atoms with van der Waals surface area (Å²) in [7, 11) is 4.20. The van der Waals surface area contributed by atoms with Crippen molar-refractivity contribution in [2.24, 2.45) is 11.8 Å². The molecule has 2 aromatic rings. The lowest BCUT2D eigenvalue weighted by molar-refractivity contribution is 0.0774. The number of hydrogen-bond donors (Lipinski definition) is 1. The molecule has 0 spiro atoms. The summed E-state index contributed by atoms with van der Waals surface area (Å²) in [6.07, 6.45) is 0. The topological polar surface area (TPSA) is 52.2 Å². The van der Waals surface area contributed by atoms with Crippen LogP contribution in [0.5, 0.6) is 0 Å². The second-order valence-corrected chi connectivity index (χ2v) is 7.57. The summed E-state index contributed by atoms with van der Waals surface area (Å²) in [6.45, 7) is 7.96. The van der Waals surface area contributed by atoms with Gasteiger partial charge >= 0.3 is 0 Å². The molecule has 1 saturated heterocycles. The first-order valence-electron chi connectivity index (χ1n) is 8.96. The van der Waals surface area contributed by atoms with Crippen LogP contribution in [0.1, 0.15) is 30.0 Å². The van der Waals surface area contributed by atoms with Crippen molar-refractivity contribution in [2.75, 3.05) is 27.2 Å². The monoisotopic (exact) mass is 340 g/mol. The minimum Gasteiger partial charge on any atom is -0.341 e. The molecule has 1 N–H and O–H groups in total. The zero-order chi connectivity index (χ0) is 18.1. The Hall–Kier alpha value is -2.14. The largest absolute Gasteiger partial charge is 0.341 e. The fraction of sp³-hybridized carbons (Fsp3) is 0.500. The number of imidazole rings is 1. The Labute approximate surface area is 150 Å². The lowest BCUT2D eigenvalue weighted by Gasteiger charge is -2.27. The lowest BCUT2D eigenvalue weighted by Crippen LogP contribution is -2.37. The number of carbonyl (C=O) groups excluding carboxylic acids is 1. The highest BCUT2D eigenvalue weighted by molar-refractivity contribution is 5.94. The van der Waals surface area contributed by atoms with Gasteiger partial charge in [-0.2, -0.15) is 0 Å². The number of nitrogens with zero attached hydrogens (tertiary/aromatic N) is 3. The molecule has 0 aliphatic carbocycles. The van der Waals surface area contributed by atoms with Crippen LogP contribution in [-0.4, -0.2) is 58.9 Å². The van der Waals surface area contributed by atoms with Gasteiger partial charge in [-0.3, -0.25) is 4.79 Å². The van der Waals surface area contributed by atoms with E-state index in [2.05, 4.69) is 42.8 Å². The quantitative estimate of drug-likeness (QED) is 0.931. The van der Waals surface area contributed by atoms with Crippen molar-refractivity contribution >= 4 is 5.91 Å². The average molecular weight is 340 g/mol. The maximum absolute atomic E-state index is 13.1. The maximum atomic E-state index is 13.1. The van der Waals surface area contributed by atoms with Gasteiger partial charge in [0.2, 0.25) is 0 Å². The molecule has 134 valence electrons. The minimum atomic E-state index is 0.0333. The molecule has 3 rings (SSSR count). The van der Waals surface area contributed by atoms with Crippen LogP contribution in [0, 0.1) is 18.8 Å². The van der Waals surface area contributed by atoms with E-state index in [1.165, 1.54) is 0 Å². The molecule has 1 amide bonds. The van der Waals surface area contributed by atoms with E-state index in [4.69, 9.17) is 0 Å². The molecule has 0 bridgehead atoms. The van der Waals surface area contributed by atoms with E-state index in [-0.39, 0.29) is 5.91 Å². The van der Waals surface area contributed by atoms with E-state index < -0.39 is 0 Å². The maximum Gasteiger partial charge on any atom is 0.274 e. The van der Waals surface area contributed by atoms with Gasteiger partial charge in [0.25, 0.3) is 5.91 Å². The van der Waals surface area contributed by atoms with Crippen LogP contribution in [0.4, 0.5) is 0 Å². The third kappa shape index (κ3) is 3.47. The summed E-state index contributed by atoms with van der Waals surface area (Å²) in [5.74, 6) is 1.83. The molecule has 1 aromatic heterocycles. The van der Waals surface area contributed by atoms with Crippen LogP contribution in [0.2, 0.25) is 0 Å². The van der Waals surface area contributed by atoms with Crippen LogP contribution in [-0.2, 0) is 0 Å². The number of nitrogens with one attached hydrogen (secondary N) is 1. The molecule has 5 nitrogen and oxygen atoms in total. The third-order valence-electron chi connectivity index (χ3n) is 5.27. The number of likely N-dealkylation sites (tertiary alicyclic amines) is 1. The normalized spacial score (nSPS) is 20.7. The summed E-state index contributed by atoms with van der Waals surface area (Å²) in [4.78, 5) is 25.1. The fourth-order valence-corrected chi connectivity index (χ4v) is 3.73. The Morgan fingerprint density at radius 2 is 1.92 bits per heavy atom. The SMILES string of the molecule is Cc1[nH]c(-c2ccccc2)nc1C(=O)N1C[C@@H](N(C)C)[C@H](C(C)C)C1. The van der Waals surface area contributed by atoms with Gasteiger partial charge in [-0.05, 0) is 32.9 Å². The number of rotatable bonds is 4. The van der Waals surface area contributed by atoms with Gasteiger partial charge < -0.3 is 14.8 Å². The summed E-state index contributed by atoms with van der Waals surface area (Å²) in [5, 5.41) is 0. The number of aromatic amines is 1. The standard InChI is InChI=1S/C20H28N4O/c1-13(2)16-11-24(12-17(16)23(4)5)20(25)18-14(3)21-19(22-18)15-9-7-6-8-10-15/h6-10,13,16-17H,11-12H2,1-5H3,(H,21,22)/t16-,17+/m0/s1. The van der Waals surface area contributed by atoms with E-state index in [0.29, 0.717) is 23.6 Å². The molecular weight excluding hydrogens is 312 g/mol. The van der Waals surface area contributed by atoms with Crippen LogP contribution in [0.3, 0.4) is 0 Å². The molecule has 0 radical (unpaired) electrons. The van der Waals surface area contributed by atoms with Crippen molar-refractivity contribution in [3.63, 3.8) is 0 Å². The minimum absolute atomic E-state index is 0.0333. The second kappa shape index (κ2) is 7.00. The van der Waals surface area contributed by atoms with Crippen molar-refractivity contribution in [2.45, 2.75) is 26.8 Å². The Morgan fingerprint density at radius 1 is 1.24 bits per heavy atom. The molecule has 2 atom stereocenters. The van der Waals surface area contributed by atoms with Gasteiger partial charge in [0.15, 0.2) is 0 Å². The summed E-state index contributed by atoms with van der Waals surface area (Å²) in [6, 6.07) is 10.3. The smallest absolute Gasteiger partial charge is 0.274 e. The lowest BCUT2D eigenvalue weighted by atomic mass is 9.91. The van der Waals surface area contributed by atoms with E-state index in [9.17, 15) is 4.79 Å². The summed E-state index contributed by atoms with van der Waals surface area (Å²) in [5.41, 5.74) is 2.37. The van der Waals surface area contributed by atoms with Crippen molar-refractivity contribution < 1.29 is 4.79 Å². The first-order chi connectivity index (χ1) is 11.9. The molecule has 5 heteroatoms. The van der Waals surface area contributed by atoms with Gasteiger partial charge in [-0.15, -0.1) is 0 Å². The molecule has 25 heavy (non-hydrogen) atoms. The van der Waals surface area contributed by atoms with E-state index in [1.54, 1.807) is 0 Å². The van der Waals surface area contributed by atoms with Crippen molar-refractivity contribution in [3.8, 4) is 11.4 Å². The number of carbonyl (C=O) groups is 1. The summed E-state index contributed by atoms with van der Waals surface area (Å²) >= 11 is 0. The van der Waals surface area contributed by atoms with E-state index in [1.807, 2.05) is 42.2 Å². The molecule has 1 aliphatic rings. The Balaban J connectivity index is 1.83. The number of hydrogen-bond acceptors (Lipinski definition) is 3. The van der Waals surface area contributed by atoms with Crippen molar-refractivity contribution in [3.05, 3.63) is 41.7 Å². The predicted molar refractivity (Wildman–Crippen MR) is 100 cm³/mol.